The van der Waals surface area contributed by atoms with E-state index in [1.807, 2.05) is 23.9 Å². The molecule has 5 atom stereocenters. The molecule has 1 amide bonds. The van der Waals surface area contributed by atoms with Gasteiger partial charge in [-0.15, -0.1) is 11.8 Å². The number of ether oxygens (including phenoxy) is 1. The van der Waals surface area contributed by atoms with Crippen LogP contribution in [0.3, 0.4) is 0 Å². The van der Waals surface area contributed by atoms with Crippen molar-refractivity contribution in [3.05, 3.63) is 73.1 Å². The number of hydrogen-bond donors (Lipinski definition) is 1. The third kappa shape index (κ3) is 3.84. The maximum atomic E-state index is 13.2. The first-order chi connectivity index (χ1) is 16.5. The fourth-order valence-corrected chi connectivity index (χ4v) is 9.56. The van der Waals surface area contributed by atoms with Crippen molar-refractivity contribution in [3.8, 4) is 5.75 Å². The van der Waals surface area contributed by atoms with E-state index in [-0.39, 0.29) is 23.2 Å². The first kappa shape index (κ1) is 22.4. The molecule has 2 saturated carbocycles. The first-order valence-corrected chi connectivity index (χ1v) is 14.1. The fraction of sp³-hybridized carbons (Fsp3) is 0.385. The molecule has 0 radical (unpaired) electrons. The van der Waals surface area contributed by atoms with Crippen LogP contribution >= 0.6 is 39.0 Å². The Morgan fingerprint density at radius 2 is 1.85 bits per heavy atom. The molecule has 3 aliphatic rings. The zero-order valence-electron chi connectivity index (χ0n) is 18.7. The largest absolute Gasteiger partial charge is 0.497 e. The van der Waals surface area contributed by atoms with Gasteiger partial charge in [0.25, 0.3) is 0 Å². The van der Waals surface area contributed by atoms with Gasteiger partial charge in [-0.2, -0.15) is 0 Å². The molecule has 1 aliphatic heterocycles. The van der Waals surface area contributed by atoms with Gasteiger partial charge in [0.1, 0.15) is 12.3 Å². The highest BCUT2D eigenvalue weighted by atomic mass is 79.9. The number of carbonyl (C=O) groups is 1. The van der Waals surface area contributed by atoms with Gasteiger partial charge in [-0.3, -0.25) is 14.2 Å². The van der Waals surface area contributed by atoms with Crippen LogP contribution in [0.1, 0.15) is 35.6 Å². The molecule has 176 valence electrons. The molecule has 2 bridgehead atoms. The van der Waals surface area contributed by atoms with Crippen molar-refractivity contribution in [1.29, 1.82) is 0 Å². The minimum Gasteiger partial charge on any atom is -0.497 e. The summed E-state index contributed by atoms with van der Waals surface area (Å²) in [5.74, 6) is 2.78. The summed E-state index contributed by atoms with van der Waals surface area (Å²) in [6.07, 6.45) is 3.88. The van der Waals surface area contributed by atoms with E-state index < -0.39 is 0 Å². The van der Waals surface area contributed by atoms with Crippen LogP contribution in [0.2, 0.25) is 0 Å². The minimum atomic E-state index is -0.191. The molecule has 6 rings (SSSR count). The standard InChI is InChI=1S/C26H25BrN2O3S2/c1-32-19-10-8-18(9-11-19)28-20(30)13-29-25-24(34-26(29)31)21(14-4-6-17(27)7-5-14)22-15-2-3-16(12-15)23(22)33-25/h4-11,15-16,21-23H,2-3,12-13H2,1H3,(H,28,30). The number of thiazole rings is 1. The highest BCUT2D eigenvalue weighted by Crippen LogP contribution is 2.64. The van der Waals surface area contributed by atoms with Gasteiger partial charge in [0, 0.05) is 26.2 Å². The molecule has 0 spiro atoms. The molecule has 2 fully saturated rings. The summed E-state index contributed by atoms with van der Waals surface area (Å²) >= 11 is 6.75. The van der Waals surface area contributed by atoms with Crippen molar-refractivity contribution in [2.75, 3.05) is 12.4 Å². The number of hydrogen-bond acceptors (Lipinski definition) is 5. The van der Waals surface area contributed by atoms with Crippen LogP contribution < -0.4 is 14.9 Å². The summed E-state index contributed by atoms with van der Waals surface area (Å²) in [5.41, 5.74) is 1.97. The number of benzene rings is 2. The number of nitrogens with zero attached hydrogens (tertiary/aromatic N) is 1. The van der Waals surface area contributed by atoms with Gasteiger partial charge >= 0.3 is 4.87 Å². The number of halogens is 1. The van der Waals surface area contributed by atoms with Crippen LogP contribution in [-0.4, -0.2) is 22.8 Å². The second-order valence-corrected chi connectivity index (χ2v) is 12.5. The lowest BCUT2D eigenvalue weighted by atomic mass is 9.75. The maximum absolute atomic E-state index is 13.2. The second-order valence-electron chi connectivity index (χ2n) is 9.42. The smallest absolute Gasteiger partial charge is 0.308 e. The van der Waals surface area contributed by atoms with Crippen molar-refractivity contribution >= 4 is 50.6 Å². The number of aromatic nitrogens is 1. The maximum Gasteiger partial charge on any atom is 0.308 e. The Morgan fingerprint density at radius 3 is 2.59 bits per heavy atom. The molecule has 34 heavy (non-hydrogen) atoms. The molecule has 3 aromatic rings. The van der Waals surface area contributed by atoms with Crippen molar-refractivity contribution in [1.82, 2.24) is 4.57 Å². The highest BCUT2D eigenvalue weighted by Gasteiger charge is 2.55. The van der Waals surface area contributed by atoms with Gasteiger partial charge in [-0.25, -0.2) is 0 Å². The van der Waals surface area contributed by atoms with Crippen molar-refractivity contribution in [2.45, 2.75) is 42.0 Å². The van der Waals surface area contributed by atoms with Gasteiger partial charge in [0.05, 0.1) is 12.1 Å². The summed E-state index contributed by atoms with van der Waals surface area (Å²) < 4.78 is 7.95. The van der Waals surface area contributed by atoms with Crippen LogP contribution in [-0.2, 0) is 11.3 Å². The number of methoxy groups -OCH3 is 1. The van der Waals surface area contributed by atoms with Crippen LogP contribution in [0.5, 0.6) is 5.75 Å². The molecular formula is C26H25BrN2O3S2. The normalized spacial score (nSPS) is 26.7. The number of fused-ring (bicyclic) bond motifs is 6. The third-order valence-corrected chi connectivity index (χ3v) is 11.0. The lowest BCUT2D eigenvalue weighted by Gasteiger charge is -2.40. The van der Waals surface area contributed by atoms with Crippen LogP contribution in [0.25, 0.3) is 0 Å². The molecule has 1 aromatic heterocycles. The molecule has 2 aliphatic carbocycles. The number of nitrogens with one attached hydrogen (secondary N) is 1. The predicted octanol–water partition coefficient (Wildman–Crippen LogP) is 5.97. The Kier molecular flexibility index (Phi) is 5.86. The quantitative estimate of drug-likeness (QED) is 0.420. The average molecular weight is 558 g/mol. The SMILES string of the molecule is COc1ccc(NC(=O)Cn2c3c(sc2=O)C(c2ccc(Br)cc2)C2C4CCC(C4)C2S3)cc1. The number of rotatable bonds is 5. The Balaban J connectivity index is 1.33. The summed E-state index contributed by atoms with van der Waals surface area (Å²) in [5, 5.41) is 4.44. The Labute approximate surface area is 215 Å². The summed E-state index contributed by atoms with van der Waals surface area (Å²) in [4.78, 5) is 27.2. The predicted molar refractivity (Wildman–Crippen MR) is 140 cm³/mol. The fourth-order valence-electron chi connectivity index (χ4n) is 6.15. The monoisotopic (exact) mass is 556 g/mol. The number of anilines is 1. The molecule has 2 heterocycles. The number of carbonyl (C=O) groups excluding carboxylic acids is 1. The average Bonchev–Trinajstić information content (AvgIpc) is 3.53. The molecule has 0 saturated heterocycles. The molecule has 1 N–H and O–H groups in total. The summed E-state index contributed by atoms with van der Waals surface area (Å²) in [6, 6.07) is 15.8. The topological polar surface area (TPSA) is 60.3 Å². The zero-order valence-corrected chi connectivity index (χ0v) is 21.9. The Hall–Kier alpha value is -2.03. The zero-order chi connectivity index (χ0) is 23.4. The van der Waals surface area contributed by atoms with E-state index in [4.69, 9.17) is 4.74 Å². The van der Waals surface area contributed by atoms with E-state index in [0.717, 1.165) is 26.0 Å². The lowest BCUT2D eigenvalue weighted by Crippen LogP contribution is -2.34. The number of thioether (sulfide) groups is 1. The van der Waals surface area contributed by atoms with Crippen molar-refractivity contribution in [2.24, 2.45) is 17.8 Å². The van der Waals surface area contributed by atoms with E-state index in [2.05, 4.69) is 45.5 Å². The molecule has 8 heteroatoms. The first-order valence-electron chi connectivity index (χ1n) is 11.6. The van der Waals surface area contributed by atoms with E-state index in [1.165, 1.54) is 36.2 Å². The molecule has 2 aromatic carbocycles. The van der Waals surface area contributed by atoms with Gasteiger partial charge in [0.2, 0.25) is 5.91 Å². The van der Waals surface area contributed by atoms with Crippen molar-refractivity contribution < 1.29 is 9.53 Å². The van der Waals surface area contributed by atoms with E-state index in [1.54, 1.807) is 23.8 Å². The van der Waals surface area contributed by atoms with E-state index in [0.29, 0.717) is 22.8 Å². The van der Waals surface area contributed by atoms with Gasteiger partial charge in [-0.05, 0) is 79.0 Å². The van der Waals surface area contributed by atoms with Crippen LogP contribution in [0, 0.1) is 17.8 Å². The van der Waals surface area contributed by atoms with Crippen molar-refractivity contribution in [3.63, 3.8) is 0 Å². The van der Waals surface area contributed by atoms with Gasteiger partial charge < -0.3 is 10.1 Å². The Bertz CT molecular complexity index is 1280. The van der Waals surface area contributed by atoms with Gasteiger partial charge in [0.15, 0.2) is 0 Å². The lowest BCUT2D eigenvalue weighted by molar-refractivity contribution is -0.116. The number of amides is 1. The second kappa shape index (κ2) is 8.88. The summed E-state index contributed by atoms with van der Waals surface area (Å²) in [7, 11) is 1.61. The molecule has 5 nitrogen and oxygen atoms in total. The van der Waals surface area contributed by atoms with Crippen LogP contribution in [0.4, 0.5) is 5.69 Å². The third-order valence-electron chi connectivity index (χ3n) is 7.60. The summed E-state index contributed by atoms with van der Waals surface area (Å²) in [6.45, 7) is 0.0300. The van der Waals surface area contributed by atoms with Crippen LogP contribution in [0.15, 0.2) is 62.8 Å². The highest BCUT2D eigenvalue weighted by molar-refractivity contribution is 9.10. The minimum absolute atomic E-state index is 0.0300. The molecular weight excluding hydrogens is 532 g/mol. The Morgan fingerprint density at radius 1 is 1.12 bits per heavy atom. The van der Waals surface area contributed by atoms with Gasteiger partial charge in [-0.1, -0.05) is 39.4 Å². The van der Waals surface area contributed by atoms with E-state index in [9.17, 15) is 9.59 Å². The van der Waals surface area contributed by atoms with E-state index >= 15 is 0 Å². The molecule has 5 unspecified atom stereocenters.